The van der Waals surface area contributed by atoms with Gasteiger partial charge in [-0.25, -0.2) is 0 Å². The minimum atomic E-state index is -0.162. The molecule has 5 nitrogen and oxygen atoms in total. The number of nitrogens with one attached hydrogen (secondary N) is 1. The van der Waals surface area contributed by atoms with Crippen molar-refractivity contribution in [3.63, 3.8) is 0 Å². The third-order valence-electron chi connectivity index (χ3n) is 4.15. The summed E-state index contributed by atoms with van der Waals surface area (Å²) >= 11 is 0. The lowest BCUT2D eigenvalue weighted by Gasteiger charge is -2.28. The van der Waals surface area contributed by atoms with Gasteiger partial charge in [-0.1, -0.05) is 41.9 Å². The molecule has 116 valence electrons. The smallest absolute Gasteiger partial charge is 0.141 e. The van der Waals surface area contributed by atoms with Gasteiger partial charge in [-0.2, -0.15) is 0 Å². The van der Waals surface area contributed by atoms with Gasteiger partial charge in [0.25, 0.3) is 0 Å². The van der Waals surface area contributed by atoms with E-state index in [4.69, 9.17) is 10.9 Å². The highest BCUT2D eigenvalue weighted by Gasteiger charge is 2.21. The molecule has 1 fully saturated rings. The van der Waals surface area contributed by atoms with E-state index in [-0.39, 0.29) is 18.0 Å². The highest BCUT2D eigenvalue weighted by Crippen LogP contribution is 2.25. The van der Waals surface area contributed by atoms with E-state index in [1.54, 1.807) is 0 Å². The highest BCUT2D eigenvalue weighted by atomic mass is 16.4. The van der Waals surface area contributed by atoms with E-state index >= 15 is 0 Å². The Labute approximate surface area is 125 Å². The Balaban J connectivity index is 1.95. The maximum atomic E-state index is 9.75. The van der Waals surface area contributed by atoms with Crippen LogP contribution in [0.5, 0.6) is 0 Å². The molecule has 2 rings (SSSR count). The Bertz CT molecular complexity index is 450. The SMILES string of the molecule is N/C(CC(NCC1CCCC(O)C1)c1ccccc1)=N/O. The summed E-state index contributed by atoms with van der Waals surface area (Å²) in [6, 6.07) is 10.1. The minimum absolute atomic E-state index is 0.0289. The molecule has 1 aliphatic rings. The van der Waals surface area contributed by atoms with Crippen molar-refractivity contribution in [2.45, 2.75) is 44.2 Å². The van der Waals surface area contributed by atoms with Gasteiger partial charge in [0.15, 0.2) is 0 Å². The second kappa shape index (κ2) is 8.00. The summed E-state index contributed by atoms with van der Waals surface area (Å²) in [5, 5.41) is 25.1. The molecular formula is C16H25N3O2. The molecule has 21 heavy (non-hydrogen) atoms. The second-order valence-electron chi connectivity index (χ2n) is 5.85. The van der Waals surface area contributed by atoms with Gasteiger partial charge in [0.1, 0.15) is 5.84 Å². The largest absolute Gasteiger partial charge is 0.409 e. The third kappa shape index (κ3) is 5.02. The van der Waals surface area contributed by atoms with Crippen LogP contribution in [-0.2, 0) is 0 Å². The van der Waals surface area contributed by atoms with Crippen molar-refractivity contribution in [1.29, 1.82) is 0 Å². The number of hydrogen-bond acceptors (Lipinski definition) is 4. The molecule has 0 amide bonds. The van der Waals surface area contributed by atoms with Gasteiger partial charge in [0, 0.05) is 12.5 Å². The Morgan fingerprint density at radius 3 is 2.76 bits per heavy atom. The number of benzene rings is 1. The van der Waals surface area contributed by atoms with E-state index in [0.29, 0.717) is 12.3 Å². The van der Waals surface area contributed by atoms with Crippen LogP contribution in [0.4, 0.5) is 0 Å². The third-order valence-corrected chi connectivity index (χ3v) is 4.15. The molecule has 0 saturated heterocycles. The van der Waals surface area contributed by atoms with Gasteiger partial charge in [-0.3, -0.25) is 0 Å². The lowest BCUT2D eigenvalue weighted by atomic mass is 9.87. The average Bonchev–Trinajstić information content (AvgIpc) is 2.52. The van der Waals surface area contributed by atoms with Gasteiger partial charge in [-0.15, -0.1) is 0 Å². The first-order valence-corrected chi connectivity index (χ1v) is 7.62. The summed E-state index contributed by atoms with van der Waals surface area (Å²) in [6.45, 7) is 0.843. The first-order valence-electron chi connectivity index (χ1n) is 7.62. The maximum Gasteiger partial charge on any atom is 0.141 e. The number of nitrogens with zero attached hydrogens (tertiary/aromatic N) is 1. The molecule has 0 bridgehead atoms. The van der Waals surface area contributed by atoms with Crippen molar-refractivity contribution in [2.24, 2.45) is 16.8 Å². The molecule has 0 spiro atoms. The van der Waals surface area contributed by atoms with E-state index in [1.807, 2.05) is 30.3 Å². The van der Waals surface area contributed by atoms with Crippen LogP contribution in [0, 0.1) is 5.92 Å². The van der Waals surface area contributed by atoms with Crippen molar-refractivity contribution in [3.8, 4) is 0 Å². The van der Waals surface area contributed by atoms with E-state index in [9.17, 15) is 5.11 Å². The molecule has 3 unspecified atom stereocenters. The molecule has 0 aliphatic heterocycles. The zero-order chi connectivity index (χ0) is 15.1. The Morgan fingerprint density at radius 1 is 1.33 bits per heavy atom. The summed E-state index contributed by atoms with van der Waals surface area (Å²) in [6.07, 6.45) is 4.32. The van der Waals surface area contributed by atoms with Gasteiger partial charge in [-0.05, 0) is 37.3 Å². The molecule has 0 radical (unpaired) electrons. The fraction of sp³-hybridized carbons (Fsp3) is 0.562. The normalized spacial score (nSPS) is 24.7. The summed E-state index contributed by atoms with van der Waals surface area (Å²) in [5.41, 5.74) is 6.79. The van der Waals surface area contributed by atoms with Gasteiger partial charge in [0.2, 0.25) is 0 Å². The van der Waals surface area contributed by atoms with Crippen LogP contribution in [0.15, 0.2) is 35.5 Å². The van der Waals surface area contributed by atoms with Crippen molar-refractivity contribution in [2.75, 3.05) is 6.54 Å². The summed E-state index contributed by atoms with van der Waals surface area (Å²) in [7, 11) is 0. The maximum absolute atomic E-state index is 9.75. The van der Waals surface area contributed by atoms with Crippen LogP contribution in [0.1, 0.15) is 43.7 Å². The molecule has 1 saturated carbocycles. The van der Waals surface area contributed by atoms with E-state index in [2.05, 4.69) is 10.5 Å². The lowest BCUT2D eigenvalue weighted by Crippen LogP contribution is -2.33. The molecule has 5 heteroatoms. The number of oxime groups is 1. The van der Waals surface area contributed by atoms with Crippen LogP contribution in [0.25, 0.3) is 0 Å². The van der Waals surface area contributed by atoms with Crippen LogP contribution in [0.2, 0.25) is 0 Å². The molecule has 1 aromatic rings. The highest BCUT2D eigenvalue weighted by molar-refractivity contribution is 5.80. The monoisotopic (exact) mass is 291 g/mol. The van der Waals surface area contributed by atoms with Crippen molar-refractivity contribution in [3.05, 3.63) is 35.9 Å². The predicted molar refractivity (Wildman–Crippen MR) is 83.2 cm³/mol. The van der Waals surface area contributed by atoms with Crippen molar-refractivity contribution >= 4 is 5.84 Å². The van der Waals surface area contributed by atoms with Gasteiger partial charge >= 0.3 is 0 Å². The van der Waals surface area contributed by atoms with Gasteiger partial charge < -0.3 is 21.4 Å². The molecular weight excluding hydrogens is 266 g/mol. The zero-order valence-corrected chi connectivity index (χ0v) is 12.3. The minimum Gasteiger partial charge on any atom is -0.409 e. The Hall–Kier alpha value is -1.59. The first-order chi connectivity index (χ1) is 10.2. The molecule has 5 N–H and O–H groups in total. The van der Waals surface area contributed by atoms with E-state index in [0.717, 1.165) is 37.8 Å². The number of amidine groups is 1. The molecule has 1 aliphatic carbocycles. The molecule has 0 aromatic heterocycles. The predicted octanol–water partition coefficient (Wildman–Crippen LogP) is 2.00. The number of aliphatic hydroxyl groups excluding tert-OH is 1. The summed E-state index contributed by atoms with van der Waals surface area (Å²) < 4.78 is 0. The topological polar surface area (TPSA) is 90.9 Å². The number of aliphatic hydroxyl groups is 1. The zero-order valence-electron chi connectivity index (χ0n) is 12.3. The second-order valence-corrected chi connectivity index (χ2v) is 5.85. The fourth-order valence-electron chi connectivity index (χ4n) is 3.00. The quantitative estimate of drug-likeness (QED) is 0.279. The number of hydrogen-bond donors (Lipinski definition) is 4. The lowest BCUT2D eigenvalue weighted by molar-refractivity contribution is 0.0996. The van der Waals surface area contributed by atoms with Crippen LogP contribution >= 0.6 is 0 Å². The van der Waals surface area contributed by atoms with Crippen molar-refractivity contribution < 1.29 is 10.3 Å². The first kappa shape index (κ1) is 15.8. The van der Waals surface area contributed by atoms with Crippen LogP contribution in [0.3, 0.4) is 0 Å². The summed E-state index contributed by atoms with van der Waals surface area (Å²) in [5.74, 6) is 0.715. The molecule has 1 aromatic carbocycles. The van der Waals surface area contributed by atoms with Crippen molar-refractivity contribution in [1.82, 2.24) is 5.32 Å². The fourth-order valence-corrected chi connectivity index (χ4v) is 3.00. The Morgan fingerprint density at radius 2 is 2.10 bits per heavy atom. The van der Waals surface area contributed by atoms with Crippen LogP contribution in [-0.4, -0.2) is 28.8 Å². The van der Waals surface area contributed by atoms with E-state index < -0.39 is 0 Å². The number of nitrogens with two attached hydrogens (primary N) is 1. The van der Waals surface area contributed by atoms with E-state index in [1.165, 1.54) is 0 Å². The average molecular weight is 291 g/mol. The standard InChI is InChI=1S/C16H25N3O2/c17-16(19-21)10-15(13-6-2-1-3-7-13)18-11-12-5-4-8-14(20)9-12/h1-3,6-7,12,14-15,18,20-21H,4-5,8-11H2,(H2,17,19). The van der Waals surface area contributed by atoms with Crippen LogP contribution < -0.4 is 11.1 Å². The number of rotatable bonds is 6. The Kier molecular flexibility index (Phi) is 6.02. The molecule has 3 atom stereocenters. The van der Waals surface area contributed by atoms with Gasteiger partial charge in [0.05, 0.1) is 6.10 Å². The summed E-state index contributed by atoms with van der Waals surface area (Å²) in [4.78, 5) is 0. The molecule has 0 heterocycles.